The molecule has 0 aliphatic carbocycles. The van der Waals surface area contributed by atoms with Crippen LogP contribution in [0.5, 0.6) is 0 Å². The monoisotopic (exact) mass is 275 g/mol. The van der Waals surface area contributed by atoms with Gasteiger partial charge in [0, 0.05) is 4.88 Å². The Morgan fingerprint density at radius 3 is 2.57 bits per heavy atom. The lowest BCUT2D eigenvalue weighted by atomic mass is 9.91. The van der Waals surface area contributed by atoms with Crippen LogP contribution in [0.1, 0.15) is 31.1 Å². The van der Waals surface area contributed by atoms with E-state index >= 15 is 0 Å². The van der Waals surface area contributed by atoms with E-state index in [0.29, 0.717) is 11.8 Å². The average molecular weight is 276 g/mol. The van der Waals surface area contributed by atoms with Crippen LogP contribution >= 0.6 is 27.3 Å². The van der Waals surface area contributed by atoms with Gasteiger partial charge in [-0.1, -0.05) is 13.8 Å². The summed E-state index contributed by atoms with van der Waals surface area (Å²) < 4.78 is 1.24. The van der Waals surface area contributed by atoms with E-state index < -0.39 is 0 Å². The summed E-state index contributed by atoms with van der Waals surface area (Å²) in [6.45, 7) is 5.69. The third kappa shape index (κ3) is 3.37. The SMILES string of the molecule is CNCCC(c1ccc(Br)s1)C(C)C. The molecule has 1 atom stereocenters. The van der Waals surface area contributed by atoms with Crippen molar-refractivity contribution in [3.8, 4) is 0 Å². The number of thiophene rings is 1. The molecule has 3 heteroatoms. The molecule has 0 amide bonds. The Morgan fingerprint density at radius 1 is 1.43 bits per heavy atom. The van der Waals surface area contributed by atoms with Gasteiger partial charge < -0.3 is 5.32 Å². The van der Waals surface area contributed by atoms with Gasteiger partial charge in [0.1, 0.15) is 0 Å². The van der Waals surface area contributed by atoms with Crippen molar-refractivity contribution in [1.29, 1.82) is 0 Å². The first-order valence-corrected chi connectivity index (χ1v) is 6.66. The van der Waals surface area contributed by atoms with Gasteiger partial charge in [0.05, 0.1) is 3.79 Å². The predicted octanol–water partition coefficient (Wildman–Crippen LogP) is 3.86. The van der Waals surface area contributed by atoms with Crippen molar-refractivity contribution in [2.45, 2.75) is 26.2 Å². The molecule has 0 saturated carbocycles. The summed E-state index contributed by atoms with van der Waals surface area (Å²) in [6, 6.07) is 4.39. The first-order valence-electron chi connectivity index (χ1n) is 5.05. The van der Waals surface area contributed by atoms with Crippen LogP contribution in [0.25, 0.3) is 0 Å². The van der Waals surface area contributed by atoms with E-state index in [1.165, 1.54) is 15.1 Å². The largest absolute Gasteiger partial charge is 0.320 e. The lowest BCUT2D eigenvalue weighted by molar-refractivity contribution is 0.467. The molecule has 80 valence electrons. The first-order chi connectivity index (χ1) is 6.65. The quantitative estimate of drug-likeness (QED) is 0.861. The summed E-state index contributed by atoms with van der Waals surface area (Å²) in [5, 5.41) is 3.22. The minimum atomic E-state index is 0.693. The molecule has 1 aromatic rings. The molecule has 1 aromatic heterocycles. The van der Waals surface area contributed by atoms with Crippen molar-refractivity contribution < 1.29 is 0 Å². The zero-order valence-electron chi connectivity index (χ0n) is 9.01. The molecule has 0 aromatic carbocycles. The van der Waals surface area contributed by atoms with Gasteiger partial charge in [-0.25, -0.2) is 0 Å². The second kappa shape index (κ2) is 5.89. The summed E-state index contributed by atoms with van der Waals surface area (Å²) in [6.07, 6.45) is 1.22. The second-order valence-electron chi connectivity index (χ2n) is 3.88. The number of nitrogens with one attached hydrogen (secondary N) is 1. The highest BCUT2D eigenvalue weighted by atomic mass is 79.9. The van der Waals surface area contributed by atoms with Crippen molar-refractivity contribution in [2.24, 2.45) is 5.92 Å². The van der Waals surface area contributed by atoms with Crippen LogP contribution in [-0.4, -0.2) is 13.6 Å². The second-order valence-corrected chi connectivity index (χ2v) is 6.38. The fourth-order valence-corrected chi connectivity index (χ4v) is 3.36. The highest BCUT2D eigenvalue weighted by Crippen LogP contribution is 2.34. The summed E-state index contributed by atoms with van der Waals surface area (Å²) in [7, 11) is 2.02. The van der Waals surface area contributed by atoms with Gasteiger partial charge >= 0.3 is 0 Å². The minimum Gasteiger partial charge on any atom is -0.320 e. The molecular weight excluding hydrogens is 258 g/mol. The maximum atomic E-state index is 3.52. The smallest absolute Gasteiger partial charge is 0.0701 e. The molecule has 1 rings (SSSR count). The van der Waals surface area contributed by atoms with Crippen LogP contribution in [0.15, 0.2) is 15.9 Å². The van der Waals surface area contributed by atoms with Crippen molar-refractivity contribution in [2.75, 3.05) is 13.6 Å². The maximum Gasteiger partial charge on any atom is 0.0701 e. The highest BCUT2D eigenvalue weighted by molar-refractivity contribution is 9.11. The van der Waals surface area contributed by atoms with E-state index in [0.717, 1.165) is 6.54 Å². The van der Waals surface area contributed by atoms with Gasteiger partial charge in [-0.2, -0.15) is 0 Å². The molecule has 1 heterocycles. The van der Waals surface area contributed by atoms with Gasteiger partial charge in [0.2, 0.25) is 0 Å². The Hall–Kier alpha value is 0.140. The fraction of sp³-hybridized carbons (Fsp3) is 0.636. The lowest BCUT2D eigenvalue weighted by Crippen LogP contribution is -2.14. The van der Waals surface area contributed by atoms with Crippen LogP contribution in [0, 0.1) is 5.92 Å². The van der Waals surface area contributed by atoms with E-state index in [9.17, 15) is 0 Å². The van der Waals surface area contributed by atoms with E-state index in [2.05, 4.69) is 47.2 Å². The molecule has 1 N–H and O–H groups in total. The Balaban J connectivity index is 2.67. The Morgan fingerprint density at radius 2 is 2.14 bits per heavy atom. The molecular formula is C11H18BrNS. The van der Waals surface area contributed by atoms with Crippen LogP contribution in [0.3, 0.4) is 0 Å². The third-order valence-corrected chi connectivity index (χ3v) is 4.23. The zero-order chi connectivity index (χ0) is 10.6. The van der Waals surface area contributed by atoms with E-state index in [4.69, 9.17) is 0 Å². The predicted molar refractivity (Wildman–Crippen MR) is 68.1 cm³/mol. The maximum absolute atomic E-state index is 3.52. The van der Waals surface area contributed by atoms with Crippen molar-refractivity contribution in [3.63, 3.8) is 0 Å². The summed E-state index contributed by atoms with van der Waals surface area (Å²) >= 11 is 5.38. The third-order valence-electron chi connectivity index (χ3n) is 2.47. The number of hydrogen-bond acceptors (Lipinski definition) is 2. The van der Waals surface area contributed by atoms with Gasteiger partial charge in [-0.15, -0.1) is 11.3 Å². The normalized spacial score (nSPS) is 13.5. The lowest BCUT2D eigenvalue weighted by Gasteiger charge is -2.19. The van der Waals surface area contributed by atoms with E-state index in [1.807, 2.05) is 18.4 Å². The standard InChI is InChI=1S/C11H18BrNS/c1-8(2)9(6-7-13-3)10-4-5-11(12)14-10/h4-5,8-9,13H,6-7H2,1-3H3. The number of hydrogen-bond donors (Lipinski definition) is 1. The topological polar surface area (TPSA) is 12.0 Å². The highest BCUT2D eigenvalue weighted by Gasteiger charge is 2.16. The molecule has 14 heavy (non-hydrogen) atoms. The van der Waals surface area contributed by atoms with Gasteiger partial charge in [0.25, 0.3) is 0 Å². The zero-order valence-corrected chi connectivity index (χ0v) is 11.4. The van der Waals surface area contributed by atoms with Crippen LogP contribution in [0.4, 0.5) is 0 Å². The summed E-state index contributed by atoms with van der Waals surface area (Å²) in [5.41, 5.74) is 0. The minimum absolute atomic E-state index is 0.693. The van der Waals surface area contributed by atoms with Crippen LogP contribution in [-0.2, 0) is 0 Å². The van der Waals surface area contributed by atoms with Gasteiger partial charge in [-0.3, -0.25) is 0 Å². The Labute approximate surface area is 99.0 Å². The Kier molecular flexibility index (Phi) is 5.13. The molecule has 0 bridgehead atoms. The van der Waals surface area contributed by atoms with Crippen molar-refractivity contribution >= 4 is 27.3 Å². The number of halogens is 1. The van der Waals surface area contributed by atoms with Crippen LogP contribution in [0.2, 0.25) is 0 Å². The van der Waals surface area contributed by atoms with Crippen molar-refractivity contribution in [3.05, 3.63) is 20.8 Å². The molecule has 0 aliphatic heterocycles. The molecule has 1 unspecified atom stereocenters. The van der Waals surface area contributed by atoms with Crippen molar-refractivity contribution in [1.82, 2.24) is 5.32 Å². The fourth-order valence-electron chi connectivity index (χ4n) is 1.63. The number of rotatable bonds is 5. The molecule has 0 aliphatic rings. The first kappa shape index (κ1) is 12.2. The molecule has 0 radical (unpaired) electrons. The molecule has 0 fully saturated rings. The molecule has 1 nitrogen and oxygen atoms in total. The molecule has 0 saturated heterocycles. The molecule has 0 spiro atoms. The van der Waals surface area contributed by atoms with Crippen LogP contribution < -0.4 is 5.32 Å². The van der Waals surface area contributed by atoms with E-state index in [1.54, 1.807) is 0 Å². The Bertz CT molecular complexity index is 270. The summed E-state index contributed by atoms with van der Waals surface area (Å²) in [5.74, 6) is 1.41. The summed E-state index contributed by atoms with van der Waals surface area (Å²) in [4.78, 5) is 1.50. The van der Waals surface area contributed by atoms with E-state index in [-0.39, 0.29) is 0 Å². The average Bonchev–Trinajstić information content (AvgIpc) is 2.52. The van der Waals surface area contributed by atoms with Gasteiger partial charge in [0.15, 0.2) is 0 Å². The van der Waals surface area contributed by atoms with Gasteiger partial charge in [-0.05, 0) is 59.9 Å².